The molecule has 1 atom stereocenters. The topological polar surface area (TPSA) is 61.4 Å². The van der Waals surface area contributed by atoms with Gasteiger partial charge in [0.15, 0.2) is 0 Å². The molecule has 1 saturated heterocycles. The standard InChI is InChI=1S/C21H29N5O/c1-3-25(4-2)15-17-8-5-10-19(14-17)24-20(27)18-9-6-13-26(16-18)21-22-11-7-12-23-21/h5,7-8,10-12,14,18H,3-4,6,9,13,15-16H2,1-2H3,(H,24,27). The van der Waals surface area contributed by atoms with Crippen LogP contribution in [0, 0.1) is 5.92 Å². The van der Waals surface area contributed by atoms with E-state index in [4.69, 9.17) is 0 Å². The predicted molar refractivity (Wildman–Crippen MR) is 109 cm³/mol. The van der Waals surface area contributed by atoms with Crippen LogP contribution in [-0.2, 0) is 11.3 Å². The van der Waals surface area contributed by atoms with Crippen molar-refractivity contribution >= 4 is 17.5 Å². The Morgan fingerprint density at radius 2 is 2.00 bits per heavy atom. The van der Waals surface area contributed by atoms with E-state index in [0.29, 0.717) is 12.5 Å². The summed E-state index contributed by atoms with van der Waals surface area (Å²) in [6.45, 7) is 8.83. The molecule has 0 radical (unpaired) electrons. The lowest BCUT2D eigenvalue weighted by atomic mass is 9.97. The Hall–Kier alpha value is -2.47. The van der Waals surface area contributed by atoms with Gasteiger partial charge < -0.3 is 10.2 Å². The molecule has 0 spiro atoms. The molecule has 2 aromatic rings. The van der Waals surface area contributed by atoms with Crippen molar-refractivity contribution in [3.05, 3.63) is 48.3 Å². The van der Waals surface area contributed by atoms with Crippen molar-refractivity contribution in [1.82, 2.24) is 14.9 Å². The molecule has 144 valence electrons. The van der Waals surface area contributed by atoms with Crippen LogP contribution in [0.2, 0.25) is 0 Å². The number of hydrogen-bond donors (Lipinski definition) is 1. The zero-order chi connectivity index (χ0) is 19.1. The molecule has 6 heteroatoms. The summed E-state index contributed by atoms with van der Waals surface area (Å²) in [5.74, 6) is 0.737. The number of amides is 1. The highest BCUT2D eigenvalue weighted by atomic mass is 16.1. The summed E-state index contributed by atoms with van der Waals surface area (Å²) in [7, 11) is 0. The van der Waals surface area contributed by atoms with Gasteiger partial charge in [-0.3, -0.25) is 9.69 Å². The van der Waals surface area contributed by atoms with E-state index in [1.54, 1.807) is 12.4 Å². The molecule has 0 aliphatic carbocycles. The molecule has 6 nitrogen and oxygen atoms in total. The lowest BCUT2D eigenvalue weighted by Crippen LogP contribution is -2.41. The Labute approximate surface area is 161 Å². The van der Waals surface area contributed by atoms with Crippen LogP contribution in [0.25, 0.3) is 0 Å². The van der Waals surface area contributed by atoms with Crippen LogP contribution in [0.5, 0.6) is 0 Å². The highest BCUT2D eigenvalue weighted by molar-refractivity contribution is 5.93. The van der Waals surface area contributed by atoms with Crippen molar-refractivity contribution in [3.63, 3.8) is 0 Å². The molecule has 1 aliphatic heterocycles. The Morgan fingerprint density at radius 1 is 1.22 bits per heavy atom. The third-order valence-electron chi connectivity index (χ3n) is 5.12. The Morgan fingerprint density at radius 3 is 2.74 bits per heavy atom. The number of rotatable bonds is 7. The van der Waals surface area contributed by atoms with Gasteiger partial charge in [0.2, 0.25) is 11.9 Å². The number of hydrogen-bond acceptors (Lipinski definition) is 5. The number of piperidine rings is 1. The fraction of sp³-hybridized carbons (Fsp3) is 0.476. The molecular weight excluding hydrogens is 338 g/mol. The van der Waals surface area contributed by atoms with E-state index in [2.05, 4.69) is 51.1 Å². The molecule has 2 heterocycles. The second-order valence-corrected chi connectivity index (χ2v) is 6.98. The minimum Gasteiger partial charge on any atom is -0.340 e. The first-order valence-corrected chi connectivity index (χ1v) is 9.83. The summed E-state index contributed by atoms with van der Waals surface area (Å²) < 4.78 is 0. The van der Waals surface area contributed by atoms with Gasteiger partial charge in [-0.1, -0.05) is 26.0 Å². The molecule has 1 aromatic carbocycles. The van der Waals surface area contributed by atoms with Gasteiger partial charge in [-0.2, -0.15) is 0 Å². The maximum Gasteiger partial charge on any atom is 0.229 e. The number of nitrogens with zero attached hydrogens (tertiary/aromatic N) is 4. The SMILES string of the molecule is CCN(CC)Cc1cccc(NC(=O)C2CCCN(c3ncccn3)C2)c1. The number of carbonyl (C=O) groups excluding carboxylic acids is 1. The molecule has 1 aliphatic rings. The summed E-state index contributed by atoms with van der Waals surface area (Å²) in [5, 5.41) is 3.11. The maximum atomic E-state index is 12.8. The fourth-order valence-corrected chi connectivity index (χ4v) is 3.52. The fourth-order valence-electron chi connectivity index (χ4n) is 3.52. The molecule has 1 aromatic heterocycles. The van der Waals surface area contributed by atoms with Crippen molar-refractivity contribution < 1.29 is 4.79 Å². The van der Waals surface area contributed by atoms with Crippen LogP contribution in [0.1, 0.15) is 32.3 Å². The van der Waals surface area contributed by atoms with E-state index in [1.165, 1.54) is 5.56 Å². The normalized spacial score (nSPS) is 17.1. The van der Waals surface area contributed by atoms with E-state index in [0.717, 1.165) is 44.7 Å². The van der Waals surface area contributed by atoms with E-state index in [-0.39, 0.29) is 11.8 Å². The van der Waals surface area contributed by atoms with Gasteiger partial charge in [-0.15, -0.1) is 0 Å². The minimum absolute atomic E-state index is 0.0472. The number of benzene rings is 1. The van der Waals surface area contributed by atoms with Crippen LogP contribution in [0.15, 0.2) is 42.7 Å². The molecule has 1 unspecified atom stereocenters. The average molecular weight is 367 g/mol. The quantitative estimate of drug-likeness (QED) is 0.814. The molecule has 1 N–H and O–H groups in total. The second-order valence-electron chi connectivity index (χ2n) is 6.98. The molecule has 1 amide bonds. The van der Waals surface area contributed by atoms with Crippen molar-refractivity contribution in [2.24, 2.45) is 5.92 Å². The zero-order valence-electron chi connectivity index (χ0n) is 16.3. The molecule has 0 saturated carbocycles. The van der Waals surface area contributed by atoms with Crippen LogP contribution >= 0.6 is 0 Å². The van der Waals surface area contributed by atoms with Gasteiger partial charge in [0.1, 0.15) is 0 Å². The summed E-state index contributed by atoms with van der Waals surface area (Å²) >= 11 is 0. The van der Waals surface area contributed by atoms with Crippen molar-refractivity contribution in [1.29, 1.82) is 0 Å². The van der Waals surface area contributed by atoms with Crippen LogP contribution in [0.3, 0.4) is 0 Å². The summed E-state index contributed by atoms with van der Waals surface area (Å²) in [6.07, 6.45) is 5.35. The van der Waals surface area contributed by atoms with E-state index in [1.807, 2.05) is 18.2 Å². The molecule has 3 rings (SSSR count). The first-order valence-electron chi connectivity index (χ1n) is 9.83. The Balaban J connectivity index is 1.61. The third-order valence-corrected chi connectivity index (χ3v) is 5.12. The number of carbonyl (C=O) groups is 1. The molecule has 27 heavy (non-hydrogen) atoms. The first-order chi connectivity index (χ1) is 13.2. The monoisotopic (exact) mass is 367 g/mol. The van der Waals surface area contributed by atoms with Crippen LogP contribution < -0.4 is 10.2 Å². The highest BCUT2D eigenvalue weighted by Crippen LogP contribution is 2.22. The van der Waals surface area contributed by atoms with Gasteiger partial charge in [-0.25, -0.2) is 9.97 Å². The lowest BCUT2D eigenvalue weighted by Gasteiger charge is -2.31. The maximum absolute atomic E-state index is 12.8. The summed E-state index contributed by atoms with van der Waals surface area (Å²) in [6, 6.07) is 9.98. The zero-order valence-corrected chi connectivity index (χ0v) is 16.3. The number of nitrogens with one attached hydrogen (secondary N) is 1. The van der Waals surface area contributed by atoms with Gasteiger partial charge in [-0.05, 0) is 49.7 Å². The predicted octanol–water partition coefficient (Wildman–Crippen LogP) is 3.17. The first kappa shape index (κ1) is 19.3. The van der Waals surface area contributed by atoms with Crippen molar-refractivity contribution in [3.8, 4) is 0 Å². The highest BCUT2D eigenvalue weighted by Gasteiger charge is 2.27. The van der Waals surface area contributed by atoms with Gasteiger partial charge >= 0.3 is 0 Å². The van der Waals surface area contributed by atoms with Gasteiger partial charge in [0.05, 0.1) is 5.92 Å². The Kier molecular flexibility index (Phi) is 6.76. The summed E-state index contributed by atoms with van der Waals surface area (Å²) in [5.41, 5.74) is 2.09. The van der Waals surface area contributed by atoms with E-state index in [9.17, 15) is 4.79 Å². The largest absolute Gasteiger partial charge is 0.340 e. The Bertz CT molecular complexity index is 732. The number of aromatic nitrogens is 2. The molecule has 1 fully saturated rings. The molecule has 0 bridgehead atoms. The van der Waals surface area contributed by atoms with Crippen molar-refractivity contribution in [2.75, 3.05) is 36.4 Å². The second kappa shape index (κ2) is 9.46. The van der Waals surface area contributed by atoms with Gasteiger partial charge in [0.25, 0.3) is 0 Å². The average Bonchev–Trinajstić information content (AvgIpc) is 2.73. The summed E-state index contributed by atoms with van der Waals surface area (Å²) in [4.78, 5) is 25.9. The minimum atomic E-state index is -0.0472. The smallest absolute Gasteiger partial charge is 0.229 e. The lowest BCUT2D eigenvalue weighted by molar-refractivity contribution is -0.120. The number of anilines is 2. The van der Waals surface area contributed by atoms with Crippen LogP contribution in [0.4, 0.5) is 11.6 Å². The van der Waals surface area contributed by atoms with Gasteiger partial charge in [0, 0.05) is 37.7 Å². The van der Waals surface area contributed by atoms with Crippen molar-refractivity contribution in [2.45, 2.75) is 33.2 Å². The van der Waals surface area contributed by atoms with Crippen LogP contribution in [-0.4, -0.2) is 47.0 Å². The van der Waals surface area contributed by atoms with E-state index >= 15 is 0 Å². The molecular formula is C21H29N5O. The third kappa shape index (κ3) is 5.26. The van der Waals surface area contributed by atoms with E-state index < -0.39 is 0 Å².